The fraction of sp³-hybridized carbons (Fsp3) is 0.0435. The molecule has 0 radical (unpaired) electrons. The summed E-state index contributed by atoms with van der Waals surface area (Å²) in [5, 5.41) is 11.9. The monoisotopic (exact) mass is 405 g/mol. The molecule has 3 aromatic carbocycles. The Morgan fingerprint density at radius 3 is 2.24 bits per heavy atom. The van der Waals surface area contributed by atoms with Crippen LogP contribution >= 0.6 is 11.8 Å². The molecule has 29 heavy (non-hydrogen) atoms. The van der Waals surface area contributed by atoms with Crippen molar-refractivity contribution in [2.24, 2.45) is 0 Å². The van der Waals surface area contributed by atoms with Crippen LogP contribution in [0.3, 0.4) is 0 Å². The number of carbonyl (C=O) groups is 2. The van der Waals surface area contributed by atoms with Crippen LogP contribution in [0, 0.1) is 0 Å². The minimum Gasteiger partial charge on any atom is -0.477 e. The SMILES string of the molecule is CSc1ccccc1Oc1ccc(/C=C(/NC(=O)c2ccccc2)C(=O)O)cc1. The van der Waals surface area contributed by atoms with E-state index >= 15 is 0 Å². The van der Waals surface area contributed by atoms with Gasteiger partial charge in [0.05, 0.1) is 0 Å². The highest BCUT2D eigenvalue weighted by Crippen LogP contribution is 2.31. The highest BCUT2D eigenvalue weighted by atomic mass is 32.2. The van der Waals surface area contributed by atoms with Crippen LogP contribution in [-0.2, 0) is 4.79 Å². The maximum atomic E-state index is 12.2. The molecule has 0 atom stereocenters. The number of hydrogen-bond donors (Lipinski definition) is 2. The van der Waals surface area contributed by atoms with Gasteiger partial charge in [-0.05, 0) is 54.3 Å². The van der Waals surface area contributed by atoms with E-state index in [2.05, 4.69) is 5.32 Å². The second-order valence-electron chi connectivity index (χ2n) is 6.01. The van der Waals surface area contributed by atoms with Crippen molar-refractivity contribution in [1.29, 1.82) is 0 Å². The quantitative estimate of drug-likeness (QED) is 0.425. The summed E-state index contributed by atoms with van der Waals surface area (Å²) in [6.07, 6.45) is 3.38. The lowest BCUT2D eigenvalue weighted by Gasteiger charge is -2.10. The minimum absolute atomic E-state index is 0.208. The normalized spacial score (nSPS) is 11.0. The summed E-state index contributed by atoms with van der Waals surface area (Å²) in [5.41, 5.74) is 0.803. The third-order valence-corrected chi connectivity index (χ3v) is 4.78. The third-order valence-electron chi connectivity index (χ3n) is 4.00. The van der Waals surface area contributed by atoms with Crippen molar-refractivity contribution in [3.63, 3.8) is 0 Å². The summed E-state index contributed by atoms with van der Waals surface area (Å²) >= 11 is 1.59. The van der Waals surface area contributed by atoms with Gasteiger partial charge in [0.2, 0.25) is 0 Å². The molecular formula is C23H19NO4S. The Bertz CT molecular complexity index is 1030. The van der Waals surface area contributed by atoms with E-state index in [4.69, 9.17) is 4.74 Å². The lowest BCUT2D eigenvalue weighted by molar-refractivity contribution is -0.132. The average Bonchev–Trinajstić information content (AvgIpc) is 2.75. The molecule has 0 unspecified atom stereocenters. The van der Waals surface area contributed by atoms with Crippen LogP contribution in [0.25, 0.3) is 6.08 Å². The van der Waals surface area contributed by atoms with Crippen LogP contribution < -0.4 is 10.1 Å². The number of carboxylic acids is 1. The molecule has 5 nitrogen and oxygen atoms in total. The lowest BCUT2D eigenvalue weighted by atomic mass is 10.1. The Morgan fingerprint density at radius 1 is 0.931 bits per heavy atom. The van der Waals surface area contributed by atoms with Crippen LogP contribution in [0.4, 0.5) is 0 Å². The molecule has 1 amide bonds. The molecule has 0 saturated heterocycles. The summed E-state index contributed by atoms with van der Waals surface area (Å²) in [7, 11) is 0. The highest BCUT2D eigenvalue weighted by Gasteiger charge is 2.13. The number of carboxylic acid groups (broad SMARTS) is 1. The fourth-order valence-electron chi connectivity index (χ4n) is 2.56. The van der Waals surface area contributed by atoms with Gasteiger partial charge in [-0.15, -0.1) is 11.8 Å². The van der Waals surface area contributed by atoms with Gasteiger partial charge in [-0.2, -0.15) is 0 Å². The Labute approximate surface area is 173 Å². The number of amides is 1. The highest BCUT2D eigenvalue weighted by molar-refractivity contribution is 7.98. The molecule has 0 heterocycles. The molecule has 3 aromatic rings. The zero-order valence-electron chi connectivity index (χ0n) is 15.7. The van der Waals surface area contributed by atoms with E-state index in [1.807, 2.05) is 30.5 Å². The number of hydrogen-bond acceptors (Lipinski definition) is 4. The number of nitrogens with one attached hydrogen (secondary N) is 1. The largest absolute Gasteiger partial charge is 0.477 e. The number of para-hydroxylation sites is 1. The molecule has 6 heteroatoms. The van der Waals surface area contributed by atoms with Crippen molar-refractivity contribution in [2.75, 3.05) is 6.26 Å². The van der Waals surface area contributed by atoms with Crippen molar-refractivity contribution in [3.05, 3.63) is 95.7 Å². The Hall–Kier alpha value is -3.51. The Kier molecular flexibility index (Phi) is 6.71. The van der Waals surface area contributed by atoms with E-state index in [0.29, 0.717) is 16.9 Å². The molecule has 0 aliphatic rings. The molecule has 3 rings (SSSR count). The molecule has 146 valence electrons. The zero-order chi connectivity index (χ0) is 20.6. The molecule has 0 spiro atoms. The van der Waals surface area contributed by atoms with Crippen LogP contribution in [0.1, 0.15) is 15.9 Å². The summed E-state index contributed by atoms with van der Waals surface area (Å²) in [4.78, 5) is 24.8. The first-order valence-electron chi connectivity index (χ1n) is 8.79. The minimum atomic E-state index is -1.22. The average molecular weight is 405 g/mol. The summed E-state index contributed by atoms with van der Waals surface area (Å²) in [6, 6.07) is 23.1. The van der Waals surface area contributed by atoms with Gasteiger partial charge in [0.1, 0.15) is 17.2 Å². The van der Waals surface area contributed by atoms with E-state index in [-0.39, 0.29) is 5.70 Å². The van der Waals surface area contributed by atoms with Gasteiger partial charge < -0.3 is 15.2 Å². The first-order chi connectivity index (χ1) is 14.1. The number of thioether (sulfide) groups is 1. The molecular weight excluding hydrogens is 386 g/mol. The van der Waals surface area contributed by atoms with E-state index in [1.54, 1.807) is 66.4 Å². The van der Waals surface area contributed by atoms with Gasteiger partial charge in [0.15, 0.2) is 0 Å². The summed E-state index contributed by atoms with van der Waals surface area (Å²) in [5.74, 6) is -0.310. The van der Waals surface area contributed by atoms with Crippen LogP contribution in [0.5, 0.6) is 11.5 Å². The van der Waals surface area contributed by atoms with Gasteiger partial charge in [-0.1, -0.05) is 42.5 Å². The topological polar surface area (TPSA) is 75.6 Å². The van der Waals surface area contributed by atoms with Gasteiger partial charge >= 0.3 is 5.97 Å². The van der Waals surface area contributed by atoms with Gasteiger partial charge in [-0.3, -0.25) is 4.79 Å². The predicted octanol–water partition coefficient (Wildman–Crippen LogP) is 5.06. The van der Waals surface area contributed by atoms with E-state index in [0.717, 1.165) is 10.6 Å². The van der Waals surface area contributed by atoms with E-state index in [9.17, 15) is 14.7 Å². The van der Waals surface area contributed by atoms with Gasteiger partial charge in [0.25, 0.3) is 5.91 Å². The van der Waals surface area contributed by atoms with Crippen LogP contribution in [0.2, 0.25) is 0 Å². The predicted molar refractivity (Wildman–Crippen MR) is 114 cm³/mol. The van der Waals surface area contributed by atoms with Crippen molar-refractivity contribution < 1.29 is 19.4 Å². The van der Waals surface area contributed by atoms with Gasteiger partial charge in [-0.25, -0.2) is 4.79 Å². The van der Waals surface area contributed by atoms with Crippen LogP contribution in [-0.4, -0.2) is 23.2 Å². The van der Waals surface area contributed by atoms with Gasteiger partial charge in [0, 0.05) is 10.5 Å². The van der Waals surface area contributed by atoms with Crippen molar-refractivity contribution in [1.82, 2.24) is 5.32 Å². The standard InChI is InChI=1S/C23H19NO4S/c1-29-21-10-6-5-9-20(21)28-18-13-11-16(12-14-18)15-19(23(26)27)24-22(25)17-7-3-2-4-8-17/h2-15H,1H3,(H,24,25)(H,26,27)/b19-15+. The van der Waals surface area contributed by atoms with Crippen molar-refractivity contribution in [2.45, 2.75) is 4.90 Å². The fourth-order valence-corrected chi connectivity index (χ4v) is 3.09. The lowest BCUT2D eigenvalue weighted by Crippen LogP contribution is -2.27. The molecule has 0 aromatic heterocycles. The molecule has 0 bridgehead atoms. The number of ether oxygens (including phenoxy) is 1. The second kappa shape index (κ2) is 9.61. The molecule has 0 fully saturated rings. The number of rotatable bonds is 7. The summed E-state index contributed by atoms with van der Waals surface area (Å²) < 4.78 is 5.90. The number of carbonyl (C=O) groups excluding carboxylic acids is 1. The number of benzene rings is 3. The first-order valence-corrected chi connectivity index (χ1v) is 10.0. The van der Waals surface area contributed by atoms with E-state index < -0.39 is 11.9 Å². The Morgan fingerprint density at radius 2 is 1.59 bits per heavy atom. The zero-order valence-corrected chi connectivity index (χ0v) is 16.5. The summed E-state index contributed by atoms with van der Waals surface area (Å²) in [6.45, 7) is 0. The second-order valence-corrected chi connectivity index (χ2v) is 6.85. The molecule has 0 saturated carbocycles. The van der Waals surface area contributed by atoms with E-state index in [1.165, 1.54) is 6.08 Å². The van der Waals surface area contributed by atoms with Crippen molar-refractivity contribution in [3.8, 4) is 11.5 Å². The van der Waals surface area contributed by atoms with Crippen molar-refractivity contribution >= 4 is 29.7 Å². The smallest absolute Gasteiger partial charge is 0.352 e. The maximum absolute atomic E-state index is 12.2. The maximum Gasteiger partial charge on any atom is 0.352 e. The molecule has 0 aliphatic heterocycles. The third kappa shape index (κ3) is 5.49. The number of aliphatic carboxylic acids is 1. The Balaban J connectivity index is 1.75. The first kappa shape index (κ1) is 20.2. The molecule has 0 aliphatic carbocycles. The van der Waals surface area contributed by atoms with Crippen LogP contribution in [0.15, 0.2) is 89.5 Å². The molecule has 2 N–H and O–H groups in total.